The molecule has 1 fully saturated rings. The highest BCUT2D eigenvalue weighted by molar-refractivity contribution is 5.80. The van der Waals surface area contributed by atoms with Crippen LogP contribution in [0.5, 0.6) is 0 Å². The Kier molecular flexibility index (Phi) is 3.54. The SMILES string of the molecule is CNC(=O)NCCNC(=O)C1CC1. The molecule has 0 aromatic heterocycles. The van der Waals surface area contributed by atoms with E-state index in [9.17, 15) is 9.59 Å². The third-order valence-corrected chi connectivity index (χ3v) is 1.88. The highest BCUT2D eigenvalue weighted by Crippen LogP contribution is 2.28. The van der Waals surface area contributed by atoms with Gasteiger partial charge in [0.05, 0.1) is 0 Å². The van der Waals surface area contributed by atoms with Gasteiger partial charge in [-0.2, -0.15) is 0 Å². The highest BCUT2D eigenvalue weighted by Gasteiger charge is 2.28. The summed E-state index contributed by atoms with van der Waals surface area (Å²) in [6.45, 7) is 0.973. The largest absolute Gasteiger partial charge is 0.354 e. The molecule has 5 heteroatoms. The Balaban J connectivity index is 1.94. The first-order valence-corrected chi connectivity index (χ1v) is 4.47. The van der Waals surface area contributed by atoms with E-state index in [1.807, 2.05) is 0 Å². The van der Waals surface area contributed by atoms with Gasteiger partial charge in [-0.3, -0.25) is 4.79 Å². The monoisotopic (exact) mass is 185 g/mol. The van der Waals surface area contributed by atoms with Gasteiger partial charge in [0.15, 0.2) is 0 Å². The minimum absolute atomic E-state index is 0.110. The van der Waals surface area contributed by atoms with E-state index in [0.717, 1.165) is 12.8 Å². The lowest BCUT2D eigenvalue weighted by Crippen LogP contribution is -2.39. The average Bonchev–Trinajstić information content (AvgIpc) is 2.94. The number of hydrogen-bond donors (Lipinski definition) is 3. The lowest BCUT2D eigenvalue weighted by molar-refractivity contribution is -0.122. The normalized spacial score (nSPS) is 14.8. The van der Waals surface area contributed by atoms with Gasteiger partial charge >= 0.3 is 6.03 Å². The van der Waals surface area contributed by atoms with Gasteiger partial charge in [0.25, 0.3) is 0 Å². The molecule has 3 amide bonds. The maximum absolute atomic E-state index is 11.1. The van der Waals surface area contributed by atoms with Gasteiger partial charge < -0.3 is 16.0 Å². The Bertz CT molecular complexity index is 202. The molecule has 0 radical (unpaired) electrons. The molecule has 5 nitrogen and oxygen atoms in total. The maximum atomic E-state index is 11.1. The molecule has 0 heterocycles. The second-order valence-electron chi connectivity index (χ2n) is 3.07. The summed E-state index contributed by atoms with van der Waals surface area (Å²) in [5.41, 5.74) is 0. The van der Waals surface area contributed by atoms with Gasteiger partial charge in [-0.25, -0.2) is 4.79 Å². The van der Waals surface area contributed by atoms with Crippen molar-refractivity contribution < 1.29 is 9.59 Å². The van der Waals surface area contributed by atoms with Crippen molar-refractivity contribution in [2.24, 2.45) is 5.92 Å². The van der Waals surface area contributed by atoms with Crippen LogP contribution in [0.4, 0.5) is 4.79 Å². The van der Waals surface area contributed by atoms with Crippen LogP contribution in [0.15, 0.2) is 0 Å². The summed E-state index contributed by atoms with van der Waals surface area (Å²) >= 11 is 0. The van der Waals surface area contributed by atoms with E-state index in [4.69, 9.17) is 0 Å². The minimum atomic E-state index is -0.222. The Morgan fingerprint density at radius 2 is 1.85 bits per heavy atom. The summed E-state index contributed by atoms with van der Waals surface area (Å²) in [6, 6.07) is -0.222. The second kappa shape index (κ2) is 4.69. The smallest absolute Gasteiger partial charge is 0.314 e. The molecule has 0 bridgehead atoms. The van der Waals surface area contributed by atoms with Gasteiger partial charge in [0, 0.05) is 26.1 Å². The molecule has 0 unspecified atom stereocenters. The Morgan fingerprint density at radius 1 is 1.23 bits per heavy atom. The van der Waals surface area contributed by atoms with Crippen LogP contribution in [0, 0.1) is 5.92 Å². The molecular weight excluding hydrogens is 170 g/mol. The predicted octanol–water partition coefficient (Wildman–Crippen LogP) is -0.558. The number of carbonyl (C=O) groups excluding carboxylic acids is 2. The number of urea groups is 1. The fraction of sp³-hybridized carbons (Fsp3) is 0.750. The summed E-state index contributed by atoms with van der Waals surface area (Å²) in [6.07, 6.45) is 2.02. The Morgan fingerprint density at radius 3 is 2.38 bits per heavy atom. The molecule has 13 heavy (non-hydrogen) atoms. The van der Waals surface area contributed by atoms with Crippen molar-refractivity contribution in [1.29, 1.82) is 0 Å². The van der Waals surface area contributed by atoms with Gasteiger partial charge in [-0.15, -0.1) is 0 Å². The van der Waals surface area contributed by atoms with Crippen LogP contribution >= 0.6 is 0 Å². The number of amides is 3. The molecule has 0 saturated heterocycles. The van der Waals surface area contributed by atoms with E-state index in [-0.39, 0.29) is 17.9 Å². The van der Waals surface area contributed by atoms with E-state index in [1.54, 1.807) is 7.05 Å². The number of nitrogens with one attached hydrogen (secondary N) is 3. The quantitative estimate of drug-likeness (QED) is 0.514. The Hall–Kier alpha value is -1.26. The Labute approximate surface area is 77.3 Å². The van der Waals surface area contributed by atoms with E-state index in [2.05, 4.69) is 16.0 Å². The van der Waals surface area contributed by atoms with E-state index in [1.165, 1.54) is 0 Å². The van der Waals surface area contributed by atoms with E-state index < -0.39 is 0 Å². The molecule has 74 valence electrons. The summed E-state index contributed by atoms with van der Waals surface area (Å²) < 4.78 is 0. The number of hydrogen-bond acceptors (Lipinski definition) is 2. The molecule has 1 aliphatic rings. The molecule has 3 N–H and O–H groups in total. The number of carbonyl (C=O) groups is 2. The van der Waals surface area contributed by atoms with E-state index in [0.29, 0.717) is 13.1 Å². The summed E-state index contributed by atoms with van der Waals surface area (Å²) in [4.78, 5) is 21.7. The fourth-order valence-electron chi connectivity index (χ4n) is 0.940. The standard InChI is InChI=1S/C8H15N3O2/c1-9-8(13)11-5-4-10-7(12)6-2-3-6/h6H,2-5H2,1H3,(H,10,12)(H2,9,11,13). The third-order valence-electron chi connectivity index (χ3n) is 1.88. The van der Waals surface area contributed by atoms with Crippen molar-refractivity contribution in [3.05, 3.63) is 0 Å². The molecule has 1 saturated carbocycles. The van der Waals surface area contributed by atoms with Gasteiger partial charge in [-0.1, -0.05) is 0 Å². The van der Waals surface area contributed by atoms with Gasteiger partial charge in [-0.05, 0) is 12.8 Å². The highest BCUT2D eigenvalue weighted by atomic mass is 16.2. The van der Waals surface area contributed by atoms with Crippen molar-refractivity contribution in [2.45, 2.75) is 12.8 Å². The average molecular weight is 185 g/mol. The van der Waals surface area contributed by atoms with Crippen molar-refractivity contribution in [2.75, 3.05) is 20.1 Å². The van der Waals surface area contributed by atoms with Crippen LogP contribution in [0.25, 0.3) is 0 Å². The van der Waals surface area contributed by atoms with Crippen LogP contribution in [0.1, 0.15) is 12.8 Å². The third kappa shape index (κ3) is 3.78. The first-order chi connectivity index (χ1) is 6.24. The van der Waals surface area contributed by atoms with Gasteiger partial charge in [0.1, 0.15) is 0 Å². The van der Waals surface area contributed by atoms with Crippen LogP contribution in [0.2, 0.25) is 0 Å². The van der Waals surface area contributed by atoms with Crippen LogP contribution in [-0.4, -0.2) is 32.1 Å². The first-order valence-electron chi connectivity index (χ1n) is 4.47. The number of rotatable bonds is 4. The van der Waals surface area contributed by atoms with Crippen molar-refractivity contribution >= 4 is 11.9 Å². The lowest BCUT2D eigenvalue weighted by atomic mass is 10.4. The summed E-state index contributed by atoms with van der Waals surface area (Å²) in [5.74, 6) is 0.346. The van der Waals surface area contributed by atoms with Crippen LogP contribution in [-0.2, 0) is 4.79 Å². The zero-order valence-electron chi connectivity index (χ0n) is 7.72. The molecule has 1 rings (SSSR count). The minimum Gasteiger partial charge on any atom is -0.354 e. The summed E-state index contributed by atoms with van der Waals surface area (Å²) in [5, 5.41) is 7.75. The maximum Gasteiger partial charge on any atom is 0.314 e. The predicted molar refractivity (Wildman–Crippen MR) is 48.2 cm³/mol. The molecule has 0 spiro atoms. The molecule has 1 aliphatic carbocycles. The zero-order chi connectivity index (χ0) is 9.68. The lowest BCUT2D eigenvalue weighted by Gasteiger charge is -2.05. The van der Waals surface area contributed by atoms with E-state index >= 15 is 0 Å². The van der Waals surface area contributed by atoms with Crippen LogP contribution in [0.3, 0.4) is 0 Å². The zero-order valence-corrected chi connectivity index (χ0v) is 7.72. The van der Waals surface area contributed by atoms with Crippen molar-refractivity contribution in [1.82, 2.24) is 16.0 Å². The molecular formula is C8H15N3O2. The van der Waals surface area contributed by atoms with Gasteiger partial charge in [0.2, 0.25) is 5.91 Å². The topological polar surface area (TPSA) is 70.2 Å². The fourth-order valence-corrected chi connectivity index (χ4v) is 0.940. The molecule has 0 atom stereocenters. The van der Waals surface area contributed by atoms with Crippen LogP contribution < -0.4 is 16.0 Å². The molecule has 0 aliphatic heterocycles. The van der Waals surface area contributed by atoms with Crippen molar-refractivity contribution in [3.8, 4) is 0 Å². The molecule has 0 aromatic carbocycles. The first kappa shape index (κ1) is 9.83. The van der Waals surface area contributed by atoms with Crippen molar-refractivity contribution in [3.63, 3.8) is 0 Å². The summed E-state index contributed by atoms with van der Waals surface area (Å²) in [7, 11) is 1.55. The second-order valence-corrected chi connectivity index (χ2v) is 3.07. The molecule has 0 aromatic rings.